The zero-order chi connectivity index (χ0) is 25.8. The molecule has 3 atom stereocenters. The van der Waals surface area contributed by atoms with Crippen LogP contribution in [0.3, 0.4) is 0 Å². The van der Waals surface area contributed by atoms with Crippen LogP contribution in [0.2, 0.25) is 0 Å². The summed E-state index contributed by atoms with van der Waals surface area (Å²) in [4.78, 5) is 13.3. The van der Waals surface area contributed by atoms with Crippen molar-refractivity contribution >= 4 is 49.5 Å². The molecule has 7 heteroatoms. The van der Waals surface area contributed by atoms with Crippen LogP contribution in [0.15, 0.2) is 48.4 Å². The number of carbonyl (C=O) groups excluding carboxylic acids is 1. The Morgan fingerprint density at radius 2 is 2.00 bits per heavy atom. The van der Waals surface area contributed by atoms with Crippen LogP contribution in [-0.2, 0) is 17.0 Å². The minimum Gasteiger partial charge on any atom is -0.393 e. The van der Waals surface area contributed by atoms with Crippen molar-refractivity contribution in [3.63, 3.8) is 0 Å². The summed E-state index contributed by atoms with van der Waals surface area (Å²) in [5.41, 5.74) is 0.242. The summed E-state index contributed by atoms with van der Waals surface area (Å²) >= 11 is 0. The van der Waals surface area contributed by atoms with E-state index in [4.69, 9.17) is 10.2 Å². The van der Waals surface area contributed by atoms with E-state index in [1.807, 2.05) is 28.8 Å². The van der Waals surface area contributed by atoms with Crippen LogP contribution in [0.4, 0.5) is 0 Å². The molecule has 164 valence electrons. The predicted molar refractivity (Wildman–Crippen MR) is 124 cm³/mol. The van der Waals surface area contributed by atoms with Gasteiger partial charge >= 0.3 is 0 Å². The second-order valence-corrected chi connectivity index (χ2v) is 9.38. The lowest BCUT2D eigenvalue weighted by Crippen LogP contribution is -2.53. The molecule has 5 heterocycles. The van der Waals surface area contributed by atoms with E-state index in [1.54, 1.807) is 11.5 Å². The zero-order valence-electron chi connectivity index (χ0n) is 21.6. The molecule has 3 aliphatic heterocycles. The number of fused-ring (bicyclic) bond motifs is 13. The van der Waals surface area contributed by atoms with E-state index in [9.17, 15) is 15.0 Å². The fourth-order valence-electron chi connectivity index (χ4n) is 6.47. The molecular weight excluding hydrogens is 418 g/mol. The average Bonchev–Trinajstić information content (AvgIpc) is 3.58. The number of ether oxygens (including phenoxy) is 1. The molecule has 1 fully saturated rings. The molecule has 0 radical (unpaired) electrons. The summed E-state index contributed by atoms with van der Waals surface area (Å²) in [6, 6.07) is 6.37. The number of amides is 1. The summed E-state index contributed by atoms with van der Waals surface area (Å²) in [6.07, 6.45) is -0.871. The van der Waals surface area contributed by atoms with E-state index in [1.165, 1.54) is 0 Å². The Kier molecular flexibility index (Phi) is 2.40. The molecule has 3 aliphatic rings. The van der Waals surface area contributed by atoms with Crippen LogP contribution in [0, 0.1) is 0 Å². The molecule has 7 nitrogen and oxygen atoms in total. The molecule has 0 aliphatic carbocycles. The van der Waals surface area contributed by atoms with Gasteiger partial charge in [-0.05, 0) is 24.6 Å². The molecule has 0 spiro atoms. The first-order valence-corrected chi connectivity index (χ1v) is 11.0. The van der Waals surface area contributed by atoms with Crippen molar-refractivity contribution in [3.05, 3.63) is 59.6 Å². The van der Waals surface area contributed by atoms with Crippen LogP contribution in [-0.4, -0.2) is 37.5 Å². The average molecular weight is 443 g/mol. The standard InChI is InChI=1S/C26H21N3O4/c1-25-26(32,12-30)10-18(33-25)28-16-8-4-2-6-13(16)20-21-15(11-27-24(21)31)19-14-7-3-5-9-17(14)29(25)23(19)22(20)28/h2-9,18,30,32H,10-12H2,1H3,(H,27,31)/i2D,4D,6D,8D. The molecule has 33 heavy (non-hydrogen) atoms. The van der Waals surface area contributed by atoms with E-state index >= 15 is 0 Å². The van der Waals surface area contributed by atoms with Gasteiger partial charge in [-0.3, -0.25) is 4.79 Å². The third-order valence-electron chi connectivity index (χ3n) is 7.96. The van der Waals surface area contributed by atoms with Crippen molar-refractivity contribution in [1.82, 2.24) is 14.5 Å². The van der Waals surface area contributed by atoms with Gasteiger partial charge in [-0.15, -0.1) is 0 Å². The second kappa shape index (κ2) is 5.39. The molecule has 0 saturated carbocycles. The summed E-state index contributed by atoms with van der Waals surface area (Å²) in [6.45, 7) is 1.42. The monoisotopic (exact) mass is 443 g/mol. The minimum atomic E-state index is -1.69. The number of aliphatic hydroxyl groups excluding tert-OH is 1. The lowest BCUT2D eigenvalue weighted by Gasteiger charge is -2.38. The molecule has 3 aromatic carbocycles. The predicted octanol–water partition coefficient (Wildman–Crippen LogP) is 3.47. The van der Waals surface area contributed by atoms with E-state index in [0.29, 0.717) is 22.0 Å². The molecule has 3 unspecified atom stereocenters. The van der Waals surface area contributed by atoms with Gasteiger partial charge in [0.2, 0.25) is 0 Å². The number of aromatic nitrogens is 2. The Morgan fingerprint density at radius 1 is 1.18 bits per heavy atom. The second-order valence-electron chi connectivity index (χ2n) is 9.38. The van der Waals surface area contributed by atoms with Crippen molar-refractivity contribution in [1.29, 1.82) is 0 Å². The number of hydrogen-bond donors (Lipinski definition) is 3. The van der Waals surface area contributed by atoms with Crippen LogP contribution in [0.1, 0.15) is 41.0 Å². The lowest BCUT2D eigenvalue weighted by atomic mass is 9.89. The maximum absolute atomic E-state index is 13.3. The normalized spacial score (nSPS) is 29.5. The van der Waals surface area contributed by atoms with Crippen molar-refractivity contribution in [3.8, 4) is 0 Å². The quantitative estimate of drug-likeness (QED) is 0.370. The van der Waals surface area contributed by atoms with Gasteiger partial charge < -0.3 is 29.4 Å². The number of nitrogens with zero attached hydrogens (tertiary/aromatic N) is 2. The zero-order valence-corrected chi connectivity index (χ0v) is 17.6. The number of carbonyl (C=O) groups is 1. The highest BCUT2D eigenvalue weighted by molar-refractivity contribution is 6.31. The number of nitrogens with one attached hydrogen (secondary N) is 1. The lowest BCUT2D eigenvalue weighted by molar-refractivity contribution is -0.189. The summed E-state index contributed by atoms with van der Waals surface area (Å²) < 4.78 is 44.6. The van der Waals surface area contributed by atoms with Gasteiger partial charge in [-0.2, -0.15) is 0 Å². The first kappa shape index (κ1) is 14.7. The number of aliphatic hydroxyl groups is 2. The fourth-order valence-corrected chi connectivity index (χ4v) is 6.47. The van der Waals surface area contributed by atoms with Crippen molar-refractivity contribution in [2.24, 2.45) is 0 Å². The maximum Gasteiger partial charge on any atom is 0.252 e. The van der Waals surface area contributed by atoms with Gasteiger partial charge in [0.25, 0.3) is 5.91 Å². The molecule has 3 N–H and O–H groups in total. The highest BCUT2D eigenvalue weighted by atomic mass is 16.6. The summed E-state index contributed by atoms with van der Waals surface area (Å²) in [7, 11) is 0. The smallest absolute Gasteiger partial charge is 0.252 e. The third-order valence-corrected chi connectivity index (χ3v) is 7.96. The third kappa shape index (κ3) is 1.75. The molecule has 1 amide bonds. The van der Waals surface area contributed by atoms with E-state index < -0.39 is 30.2 Å². The van der Waals surface area contributed by atoms with Gasteiger partial charge in [0.05, 0.1) is 39.7 Å². The number of hydrogen-bond acceptors (Lipinski definition) is 4. The Bertz CT molecular complexity index is 1950. The topological polar surface area (TPSA) is 88.7 Å². The first-order chi connectivity index (χ1) is 17.6. The van der Waals surface area contributed by atoms with E-state index in [2.05, 4.69) is 5.32 Å². The minimum absolute atomic E-state index is 0.0155. The number of benzene rings is 3. The Morgan fingerprint density at radius 3 is 2.85 bits per heavy atom. The van der Waals surface area contributed by atoms with Gasteiger partial charge in [-0.1, -0.05) is 36.3 Å². The van der Waals surface area contributed by atoms with Crippen LogP contribution < -0.4 is 5.32 Å². The van der Waals surface area contributed by atoms with Gasteiger partial charge in [-0.25, -0.2) is 0 Å². The fraction of sp³-hybridized carbons (Fsp3) is 0.269. The summed E-state index contributed by atoms with van der Waals surface area (Å²) in [5, 5.41) is 27.5. The SMILES string of the molecule is [2H]c1c([2H])c([2H])c2c(c1[2H])c1c3c(c4c5ccccc5n5c4c1n2C1CC(O)(CO)C5(C)O1)CNC3=O. The van der Waals surface area contributed by atoms with Gasteiger partial charge in [0, 0.05) is 34.5 Å². The first-order valence-electron chi connectivity index (χ1n) is 13.0. The number of rotatable bonds is 1. The van der Waals surface area contributed by atoms with Crippen LogP contribution in [0.25, 0.3) is 43.6 Å². The van der Waals surface area contributed by atoms with Crippen molar-refractivity contribution < 1.29 is 25.2 Å². The molecule has 1 saturated heterocycles. The highest BCUT2D eigenvalue weighted by Crippen LogP contribution is 2.57. The molecule has 5 aromatic rings. The summed E-state index contributed by atoms with van der Waals surface area (Å²) in [5.74, 6) is -0.298. The van der Waals surface area contributed by atoms with E-state index in [0.717, 1.165) is 21.9 Å². The Balaban J connectivity index is 1.80. The van der Waals surface area contributed by atoms with Crippen LogP contribution >= 0.6 is 0 Å². The van der Waals surface area contributed by atoms with Crippen molar-refractivity contribution in [2.45, 2.75) is 37.4 Å². The number of para-hydroxylation sites is 2. The molecule has 8 rings (SSSR count). The van der Waals surface area contributed by atoms with E-state index in [-0.39, 0.29) is 47.9 Å². The highest BCUT2D eigenvalue weighted by Gasteiger charge is 2.60. The van der Waals surface area contributed by atoms with Gasteiger partial charge in [0.15, 0.2) is 5.72 Å². The Labute approximate surface area is 193 Å². The van der Waals surface area contributed by atoms with Gasteiger partial charge in [0.1, 0.15) is 11.8 Å². The molecule has 2 aromatic heterocycles. The van der Waals surface area contributed by atoms with Crippen LogP contribution in [0.5, 0.6) is 0 Å². The van der Waals surface area contributed by atoms with Crippen molar-refractivity contribution in [2.75, 3.05) is 6.61 Å². The maximum atomic E-state index is 13.3. The molecular formula is C26H21N3O4. The Hall–Kier alpha value is -3.39. The molecule has 2 bridgehead atoms. The largest absolute Gasteiger partial charge is 0.393 e.